The van der Waals surface area contributed by atoms with Crippen LogP contribution in [0.3, 0.4) is 0 Å². The van der Waals surface area contributed by atoms with Gasteiger partial charge in [0.05, 0.1) is 0 Å². The van der Waals surface area contributed by atoms with Crippen molar-refractivity contribution in [2.24, 2.45) is 0 Å². The van der Waals surface area contributed by atoms with Gasteiger partial charge in [0.2, 0.25) is 5.91 Å². The third-order valence-corrected chi connectivity index (χ3v) is 9.06. The van der Waals surface area contributed by atoms with E-state index in [-0.39, 0.29) is 23.7 Å². The second kappa shape index (κ2) is 16.2. The standard InChI is InChI=1S/C33H35BrClFN4O2S/c1-3-38(4-2)19-20-39(21-24-5-9-26(10-6-24)27-11-13-28(35)14-12-27)31(41)17-18-40-22-30(34)32(42)37-33(40)43-23-25-7-15-29(36)16-8-25/h5-16,22H,3-4,17-21,23H2,1-2H3. The van der Waals surface area contributed by atoms with E-state index in [0.717, 1.165) is 41.9 Å². The normalized spacial score (nSPS) is 11.2. The lowest BCUT2D eigenvalue weighted by molar-refractivity contribution is -0.132. The van der Waals surface area contributed by atoms with Gasteiger partial charge in [-0.2, -0.15) is 4.98 Å². The van der Waals surface area contributed by atoms with Crippen molar-refractivity contribution in [3.63, 3.8) is 0 Å². The summed E-state index contributed by atoms with van der Waals surface area (Å²) in [5.41, 5.74) is 3.76. The Labute approximate surface area is 270 Å². The van der Waals surface area contributed by atoms with E-state index < -0.39 is 0 Å². The fourth-order valence-electron chi connectivity index (χ4n) is 4.59. The number of thioether (sulfide) groups is 1. The molecule has 0 aliphatic carbocycles. The van der Waals surface area contributed by atoms with Crippen LogP contribution in [0.4, 0.5) is 4.39 Å². The number of halogens is 3. The molecule has 6 nitrogen and oxygen atoms in total. The first-order valence-corrected chi connectivity index (χ1v) is 16.4. The molecule has 0 spiro atoms. The van der Waals surface area contributed by atoms with Gasteiger partial charge in [-0.15, -0.1) is 0 Å². The third kappa shape index (κ3) is 9.76. The summed E-state index contributed by atoms with van der Waals surface area (Å²) < 4.78 is 15.5. The minimum atomic E-state index is -0.368. The average molecular weight is 686 g/mol. The fourth-order valence-corrected chi connectivity index (χ4v) is 6.00. The van der Waals surface area contributed by atoms with E-state index in [1.807, 2.05) is 33.7 Å². The SMILES string of the molecule is CCN(CC)CCN(Cc1ccc(-c2ccc(Cl)cc2)cc1)C(=O)CCn1cc(Br)c(=O)nc1SCc1ccc(F)cc1. The summed E-state index contributed by atoms with van der Waals surface area (Å²) >= 11 is 10.7. The van der Waals surface area contributed by atoms with Crippen molar-refractivity contribution in [2.75, 3.05) is 26.2 Å². The summed E-state index contributed by atoms with van der Waals surface area (Å²) in [5.74, 6) is 0.247. The van der Waals surface area contributed by atoms with Crippen molar-refractivity contribution >= 4 is 45.2 Å². The monoisotopic (exact) mass is 684 g/mol. The quantitative estimate of drug-likeness (QED) is 0.102. The Morgan fingerprint density at radius 1 is 0.930 bits per heavy atom. The van der Waals surface area contributed by atoms with E-state index >= 15 is 0 Å². The van der Waals surface area contributed by atoms with Gasteiger partial charge in [0.15, 0.2) is 5.16 Å². The van der Waals surface area contributed by atoms with Gasteiger partial charge in [-0.3, -0.25) is 9.59 Å². The van der Waals surface area contributed by atoms with Crippen LogP contribution in [0, 0.1) is 5.82 Å². The highest BCUT2D eigenvalue weighted by atomic mass is 79.9. The minimum Gasteiger partial charge on any atom is -0.337 e. The first kappa shape index (κ1) is 32.9. The maximum atomic E-state index is 13.7. The minimum absolute atomic E-state index is 0.0261. The van der Waals surface area contributed by atoms with Crippen molar-refractivity contribution in [1.29, 1.82) is 0 Å². The smallest absolute Gasteiger partial charge is 0.287 e. The van der Waals surface area contributed by atoms with Crippen LogP contribution in [-0.2, 0) is 23.6 Å². The molecular formula is C33H35BrClFN4O2S. The van der Waals surface area contributed by atoms with E-state index in [0.29, 0.717) is 40.0 Å². The predicted molar refractivity (Wildman–Crippen MR) is 177 cm³/mol. The van der Waals surface area contributed by atoms with Crippen LogP contribution in [0.5, 0.6) is 0 Å². The molecule has 0 saturated carbocycles. The van der Waals surface area contributed by atoms with Crippen LogP contribution >= 0.6 is 39.3 Å². The zero-order chi connectivity index (χ0) is 30.8. The number of carbonyl (C=O) groups is 1. The number of likely N-dealkylation sites (N-methyl/N-ethyl adjacent to an activating group) is 1. The first-order chi connectivity index (χ1) is 20.7. The molecule has 1 heterocycles. The molecule has 4 rings (SSSR count). The Hall–Kier alpha value is -2.98. The molecular weight excluding hydrogens is 651 g/mol. The van der Waals surface area contributed by atoms with Gasteiger partial charge >= 0.3 is 0 Å². The fraction of sp³-hybridized carbons (Fsp3) is 0.303. The molecule has 0 atom stereocenters. The maximum absolute atomic E-state index is 13.7. The van der Waals surface area contributed by atoms with Gasteiger partial charge in [-0.1, -0.05) is 85.7 Å². The molecule has 1 aromatic heterocycles. The van der Waals surface area contributed by atoms with Crippen LogP contribution in [0.15, 0.2) is 93.4 Å². The summed E-state index contributed by atoms with van der Waals surface area (Å²) in [4.78, 5) is 34.4. The number of hydrogen-bond donors (Lipinski definition) is 0. The molecule has 0 aliphatic heterocycles. The predicted octanol–water partition coefficient (Wildman–Crippen LogP) is 7.52. The molecule has 43 heavy (non-hydrogen) atoms. The number of hydrogen-bond acceptors (Lipinski definition) is 5. The number of aryl methyl sites for hydroxylation is 1. The summed E-state index contributed by atoms with van der Waals surface area (Å²) in [6.07, 6.45) is 1.94. The topological polar surface area (TPSA) is 58.4 Å². The van der Waals surface area contributed by atoms with Crippen molar-refractivity contribution in [3.05, 3.63) is 116 Å². The summed E-state index contributed by atoms with van der Waals surface area (Å²) in [6.45, 7) is 8.34. The van der Waals surface area contributed by atoms with Crippen molar-refractivity contribution in [1.82, 2.24) is 19.4 Å². The average Bonchev–Trinajstić information content (AvgIpc) is 3.02. The molecule has 0 aliphatic rings. The number of amides is 1. The van der Waals surface area contributed by atoms with E-state index in [1.54, 1.807) is 18.3 Å². The van der Waals surface area contributed by atoms with Gasteiger partial charge in [0.1, 0.15) is 10.3 Å². The summed E-state index contributed by atoms with van der Waals surface area (Å²) in [7, 11) is 0. The van der Waals surface area contributed by atoms with Crippen LogP contribution in [0.1, 0.15) is 31.4 Å². The largest absolute Gasteiger partial charge is 0.337 e. The molecule has 3 aromatic carbocycles. The number of rotatable bonds is 14. The lowest BCUT2D eigenvalue weighted by Crippen LogP contribution is -2.38. The molecule has 0 fully saturated rings. The van der Waals surface area contributed by atoms with E-state index in [2.05, 4.69) is 63.9 Å². The molecule has 0 unspecified atom stereocenters. The third-order valence-electron chi connectivity index (χ3n) is 7.20. The maximum Gasteiger partial charge on any atom is 0.287 e. The number of nitrogens with zero attached hydrogens (tertiary/aromatic N) is 4. The second-order valence-corrected chi connectivity index (χ2v) is 12.3. The number of aromatic nitrogens is 2. The molecule has 0 N–H and O–H groups in total. The van der Waals surface area contributed by atoms with Gasteiger partial charge in [-0.25, -0.2) is 4.39 Å². The molecule has 0 radical (unpaired) electrons. The van der Waals surface area contributed by atoms with Gasteiger partial charge < -0.3 is 14.4 Å². The Morgan fingerprint density at radius 3 is 2.16 bits per heavy atom. The first-order valence-electron chi connectivity index (χ1n) is 14.2. The van der Waals surface area contributed by atoms with Gasteiger partial charge in [-0.05, 0) is 75.5 Å². The zero-order valence-electron chi connectivity index (χ0n) is 24.3. The molecule has 226 valence electrons. The highest BCUT2D eigenvalue weighted by Crippen LogP contribution is 2.24. The van der Waals surface area contributed by atoms with Crippen LogP contribution < -0.4 is 5.56 Å². The van der Waals surface area contributed by atoms with Crippen LogP contribution in [0.25, 0.3) is 11.1 Å². The van der Waals surface area contributed by atoms with E-state index in [4.69, 9.17) is 11.6 Å². The Bertz CT molecular complexity index is 1550. The van der Waals surface area contributed by atoms with Crippen molar-refractivity contribution < 1.29 is 9.18 Å². The Morgan fingerprint density at radius 2 is 1.53 bits per heavy atom. The van der Waals surface area contributed by atoms with Crippen molar-refractivity contribution in [2.45, 2.75) is 44.3 Å². The lowest BCUT2D eigenvalue weighted by atomic mass is 10.0. The highest BCUT2D eigenvalue weighted by molar-refractivity contribution is 9.10. The summed E-state index contributed by atoms with van der Waals surface area (Å²) in [5, 5.41) is 1.21. The van der Waals surface area contributed by atoms with E-state index in [9.17, 15) is 14.0 Å². The highest BCUT2D eigenvalue weighted by Gasteiger charge is 2.17. The molecule has 0 bridgehead atoms. The van der Waals surface area contributed by atoms with Crippen molar-refractivity contribution in [3.8, 4) is 11.1 Å². The van der Waals surface area contributed by atoms with E-state index in [1.165, 1.54) is 23.9 Å². The lowest BCUT2D eigenvalue weighted by Gasteiger charge is -2.27. The molecule has 0 saturated heterocycles. The van der Waals surface area contributed by atoms with Gasteiger partial charge in [0.25, 0.3) is 5.56 Å². The molecule has 1 amide bonds. The second-order valence-electron chi connectivity index (χ2n) is 10.1. The van der Waals surface area contributed by atoms with Crippen LogP contribution in [-0.4, -0.2) is 51.4 Å². The molecule has 10 heteroatoms. The molecule has 4 aromatic rings. The number of benzene rings is 3. The Kier molecular flexibility index (Phi) is 12.4. The Balaban J connectivity index is 1.47. The van der Waals surface area contributed by atoms with Crippen LogP contribution in [0.2, 0.25) is 5.02 Å². The van der Waals surface area contributed by atoms with Gasteiger partial charge in [0, 0.05) is 49.6 Å². The summed E-state index contributed by atoms with van der Waals surface area (Å²) in [6, 6.07) is 22.3. The number of carbonyl (C=O) groups excluding carboxylic acids is 1. The zero-order valence-corrected chi connectivity index (χ0v) is 27.5.